The van der Waals surface area contributed by atoms with Crippen LogP contribution < -0.4 is 11.1 Å². The Hall–Kier alpha value is -2.35. The van der Waals surface area contributed by atoms with Crippen molar-refractivity contribution in [2.24, 2.45) is 0 Å². The van der Waals surface area contributed by atoms with Gasteiger partial charge in [-0.15, -0.1) is 12.4 Å². The summed E-state index contributed by atoms with van der Waals surface area (Å²) in [4.78, 5) is 12.6. The van der Waals surface area contributed by atoms with Crippen molar-refractivity contribution in [3.63, 3.8) is 0 Å². The topological polar surface area (TPSA) is 86.0 Å². The van der Waals surface area contributed by atoms with Crippen molar-refractivity contribution < 1.29 is 9.13 Å². The molecule has 0 saturated carbocycles. The highest BCUT2D eigenvalue weighted by Gasteiger charge is 2.17. The molecule has 4 rings (SSSR count). The summed E-state index contributed by atoms with van der Waals surface area (Å²) < 4.78 is 19.1. The highest BCUT2D eigenvalue weighted by molar-refractivity contribution is 5.86. The zero-order valence-electron chi connectivity index (χ0n) is 13.3. The van der Waals surface area contributed by atoms with Crippen LogP contribution in [-0.4, -0.2) is 34.2 Å². The summed E-state index contributed by atoms with van der Waals surface area (Å²) >= 11 is 0. The van der Waals surface area contributed by atoms with Crippen molar-refractivity contribution >= 4 is 29.3 Å². The molecular weight excluding hydrogens is 345 g/mol. The van der Waals surface area contributed by atoms with Crippen LogP contribution in [0.4, 0.5) is 10.2 Å². The van der Waals surface area contributed by atoms with E-state index in [1.807, 2.05) is 12.1 Å². The molecule has 3 aromatic rings. The molecule has 0 spiro atoms. The van der Waals surface area contributed by atoms with Gasteiger partial charge in [-0.1, -0.05) is 0 Å². The number of nitrogen functional groups attached to an aromatic ring is 1. The first-order valence-electron chi connectivity index (χ1n) is 7.67. The highest BCUT2D eigenvalue weighted by atomic mass is 35.5. The number of aromatic nitrogens is 3. The predicted molar refractivity (Wildman–Crippen MR) is 95.8 cm³/mol. The zero-order valence-corrected chi connectivity index (χ0v) is 14.1. The summed E-state index contributed by atoms with van der Waals surface area (Å²) in [5.41, 5.74) is 9.23. The molecule has 0 radical (unpaired) electrons. The largest absolute Gasteiger partial charge is 0.382 e. The number of anilines is 1. The van der Waals surface area contributed by atoms with Crippen molar-refractivity contribution in [1.29, 1.82) is 0 Å². The van der Waals surface area contributed by atoms with Gasteiger partial charge in [-0.3, -0.25) is 0 Å². The van der Waals surface area contributed by atoms with E-state index in [9.17, 15) is 4.39 Å². The van der Waals surface area contributed by atoms with Gasteiger partial charge in [0.05, 0.1) is 30.5 Å². The predicted octanol–water partition coefficient (Wildman–Crippen LogP) is 2.32. The molecule has 1 aliphatic heterocycles. The smallest absolute Gasteiger partial charge is 0.153 e. The summed E-state index contributed by atoms with van der Waals surface area (Å²) in [5.74, 6) is 0.0125. The van der Waals surface area contributed by atoms with E-state index in [1.165, 1.54) is 18.5 Å². The fraction of sp³-hybridized carbons (Fsp3) is 0.235. The summed E-state index contributed by atoms with van der Waals surface area (Å²) in [6.45, 7) is 1.99. The molecule has 0 bridgehead atoms. The minimum Gasteiger partial charge on any atom is -0.382 e. The minimum absolute atomic E-state index is 0. The fourth-order valence-electron chi connectivity index (χ4n) is 2.64. The monoisotopic (exact) mass is 361 g/mol. The number of nitrogens with one attached hydrogen (secondary N) is 1. The van der Waals surface area contributed by atoms with Crippen molar-refractivity contribution in [3.8, 4) is 11.3 Å². The van der Waals surface area contributed by atoms with E-state index in [0.717, 1.165) is 5.56 Å². The van der Waals surface area contributed by atoms with E-state index in [4.69, 9.17) is 10.5 Å². The van der Waals surface area contributed by atoms with Gasteiger partial charge in [0.1, 0.15) is 17.7 Å². The summed E-state index contributed by atoms with van der Waals surface area (Å²) in [6.07, 6.45) is 1.40. The van der Waals surface area contributed by atoms with Crippen LogP contribution >= 0.6 is 12.4 Å². The molecule has 6 nitrogen and oxygen atoms in total. The second-order valence-corrected chi connectivity index (χ2v) is 5.79. The van der Waals surface area contributed by atoms with Crippen molar-refractivity contribution in [1.82, 2.24) is 20.3 Å². The lowest BCUT2D eigenvalue weighted by atomic mass is 10.1. The molecule has 0 atom stereocenters. The molecular formula is C17H17ClFN5O. The number of ether oxygens (including phenoxy) is 1. The molecule has 3 N–H and O–H groups in total. The third-order valence-electron chi connectivity index (χ3n) is 4.00. The number of pyridine rings is 1. The number of nitrogens with two attached hydrogens (primary N) is 1. The van der Waals surface area contributed by atoms with E-state index in [2.05, 4.69) is 20.3 Å². The molecule has 8 heteroatoms. The molecule has 25 heavy (non-hydrogen) atoms. The van der Waals surface area contributed by atoms with Gasteiger partial charge >= 0.3 is 0 Å². The van der Waals surface area contributed by atoms with E-state index in [-0.39, 0.29) is 18.2 Å². The number of hydrogen-bond acceptors (Lipinski definition) is 6. The Bertz CT molecular complexity index is 903. The van der Waals surface area contributed by atoms with Crippen LogP contribution in [0.25, 0.3) is 22.3 Å². The van der Waals surface area contributed by atoms with Crippen LogP contribution in [0, 0.1) is 5.82 Å². The Kier molecular flexibility index (Phi) is 5.08. The first-order chi connectivity index (χ1) is 11.7. The van der Waals surface area contributed by atoms with Crippen molar-refractivity contribution in [3.05, 3.63) is 48.0 Å². The highest BCUT2D eigenvalue weighted by Crippen LogP contribution is 2.24. The van der Waals surface area contributed by atoms with Crippen LogP contribution in [0.2, 0.25) is 0 Å². The van der Waals surface area contributed by atoms with E-state index < -0.39 is 0 Å². The molecule has 1 fully saturated rings. The molecule has 0 amide bonds. The van der Waals surface area contributed by atoms with Gasteiger partial charge in [-0.05, 0) is 35.9 Å². The van der Waals surface area contributed by atoms with E-state index in [0.29, 0.717) is 53.9 Å². The number of nitrogens with zero attached hydrogens (tertiary/aromatic N) is 3. The van der Waals surface area contributed by atoms with Gasteiger partial charge in [0, 0.05) is 12.1 Å². The third-order valence-corrected chi connectivity index (χ3v) is 4.00. The molecule has 0 aliphatic carbocycles. The maximum absolute atomic E-state index is 14.0. The molecule has 2 aromatic heterocycles. The summed E-state index contributed by atoms with van der Waals surface area (Å²) in [6, 6.07) is 8.86. The van der Waals surface area contributed by atoms with Crippen molar-refractivity contribution in [2.75, 3.05) is 18.9 Å². The fourth-order valence-corrected chi connectivity index (χ4v) is 2.64. The maximum Gasteiger partial charge on any atom is 0.153 e. The molecule has 1 saturated heterocycles. The van der Waals surface area contributed by atoms with Gasteiger partial charge < -0.3 is 15.8 Å². The van der Waals surface area contributed by atoms with Gasteiger partial charge in [0.2, 0.25) is 0 Å². The Labute approximate surface area is 150 Å². The Morgan fingerprint density at radius 1 is 1.20 bits per heavy atom. The van der Waals surface area contributed by atoms with E-state index >= 15 is 0 Å². The number of halogens is 2. The van der Waals surface area contributed by atoms with Crippen LogP contribution in [0.3, 0.4) is 0 Å². The van der Waals surface area contributed by atoms with Crippen LogP contribution in [-0.2, 0) is 11.3 Å². The number of hydrogen-bond donors (Lipinski definition) is 2. The standard InChI is InChI=1S/C17H16FN5O.ClH/c18-12-4-10(6-20-13-7-24-8-13)3-11(5-12)14-1-2-15-16(23-14)17(19)22-9-21-15;/h1-5,9,13,20H,6-8H2,(H2,19,21,22);1H. The normalized spacial score (nSPS) is 14.1. The minimum atomic E-state index is -0.298. The lowest BCUT2D eigenvalue weighted by Crippen LogP contribution is -2.45. The second-order valence-electron chi connectivity index (χ2n) is 5.79. The SMILES string of the molecule is Cl.Nc1ncnc2ccc(-c3cc(F)cc(CNC4COC4)c3)nc12. The maximum atomic E-state index is 14.0. The Balaban J connectivity index is 0.00000182. The first-order valence-corrected chi connectivity index (χ1v) is 7.67. The average molecular weight is 362 g/mol. The van der Waals surface area contributed by atoms with E-state index in [1.54, 1.807) is 6.07 Å². The summed E-state index contributed by atoms with van der Waals surface area (Å²) in [5, 5.41) is 3.33. The van der Waals surface area contributed by atoms with Gasteiger partial charge in [0.15, 0.2) is 5.82 Å². The molecule has 3 heterocycles. The second kappa shape index (κ2) is 7.26. The van der Waals surface area contributed by atoms with Crippen LogP contribution in [0.15, 0.2) is 36.7 Å². The molecule has 130 valence electrons. The summed E-state index contributed by atoms with van der Waals surface area (Å²) in [7, 11) is 0. The average Bonchev–Trinajstić information content (AvgIpc) is 2.53. The zero-order chi connectivity index (χ0) is 16.5. The first kappa shape index (κ1) is 17.5. The lowest BCUT2D eigenvalue weighted by Gasteiger charge is -2.27. The molecule has 1 aliphatic rings. The lowest BCUT2D eigenvalue weighted by molar-refractivity contribution is -0.00578. The number of fused-ring (bicyclic) bond motifs is 1. The van der Waals surface area contributed by atoms with Crippen molar-refractivity contribution in [2.45, 2.75) is 12.6 Å². The van der Waals surface area contributed by atoms with Crippen LogP contribution in [0.1, 0.15) is 5.56 Å². The third kappa shape index (κ3) is 3.68. The molecule has 1 aromatic carbocycles. The Morgan fingerprint density at radius 2 is 2.04 bits per heavy atom. The van der Waals surface area contributed by atoms with Gasteiger partial charge in [-0.2, -0.15) is 0 Å². The van der Waals surface area contributed by atoms with Gasteiger partial charge in [0.25, 0.3) is 0 Å². The molecule has 0 unspecified atom stereocenters. The van der Waals surface area contributed by atoms with Crippen LogP contribution in [0.5, 0.6) is 0 Å². The van der Waals surface area contributed by atoms with Gasteiger partial charge in [-0.25, -0.2) is 19.3 Å². The number of rotatable bonds is 4. The quantitative estimate of drug-likeness (QED) is 0.741. The number of benzene rings is 1. The Morgan fingerprint density at radius 3 is 2.80 bits per heavy atom.